The van der Waals surface area contributed by atoms with Crippen molar-refractivity contribution in [2.24, 2.45) is 5.92 Å². The highest BCUT2D eigenvalue weighted by atomic mass is 16.5. The van der Waals surface area contributed by atoms with Gasteiger partial charge in [-0.2, -0.15) is 0 Å². The second-order valence-electron chi connectivity index (χ2n) is 8.12. The van der Waals surface area contributed by atoms with Crippen LogP contribution >= 0.6 is 0 Å². The molecule has 0 spiro atoms. The number of rotatable bonds is 8. The average molecular weight is 411 g/mol. The van der Waals surface area contributed by atoms with E-state index < -0.39 is 0 Å². The van der Waals surface area contributed by atoms with Crippen LogP contribution < -0.4 is 14.8 Å². The Labute approximate surface area is 180 Å². The lowest BCUT2D eigenvalue weighted by Gasteiger charge is -2.32. The first-order valence-corrected chi connectivity index (χ1v) is 10.8. The van der Waals surface area contributed by atoms with E-state index in [1.165, 1.54) is 11.1 Å². The minimum absolute atomic E-state index is 0.0253. The summed E-state index contributed by atoms with van der Waals surface area (Å²) in [5.41, 5.74) is 3.68. The predicted octanol–water partition coefficient (Wildman–Crippen LogP) is 4.49. The Morgan fingerprint density at radius 2 is 1.83 bits per heavy atom. The first-order chi connectivity index (χ1) is 14.5. The summed E-state index contributed by atoms with van der Waals surface area (Å²) in [5, 5.41) is 3.26. The molecule has 1 amide bonds. The van der Waals surface area contributed by atoms with Crippen molar-refractivity contribution in [1.82, 2.24) is 10.2 Å². The summed E-state index contributed by atoms with van der Waals surface area (Å²) >= 11 is 0. The molecular weight excluding hydrogens is 376 g/mol. The lowest BCUT2D eigenvalue weighted by Crippen LogP contribution is -2.41. The van der Waals surface area contributed by atoms with Crippen molar-refractivity contribution >= 4 is 5.91 Å². The second kappa shape index (κ2) is 10.5. The molecule has 0 aromatic heterocycles. The molecule has 0 unspecified atom stereocenters. The molecule has 2 aromatic rings. The van der Waals surface area contributed by atoms with Crippen LogP contribution in [-0.2, 0) is 11.3 Å². The molecule has 1 atom stereocenters. The van der Waals surface area contributed by atoms with Gasteiger partial charge in [0.1, 0.15) is 0 Å². The van der Waals surface area contributed by atoms with Gasteiger partial charge in [0.2, 0.25) is 5.91 Å². The molecule has 1 aliphatic rings. The summed E-state index contributed by atoms with van der Waals surface area (Å²) < 4.78 is 10.7. The zero-order valence-electron chi connectivity index (χ0n) is 18.6. The number of benzene rings is 2. The largest absolute Gasteiger partial charge is 0.493 e. The third-order valence-electron chi connectivity index (χ3n) is 5.98. The molecule has 1 saturated heterocycles. The SMILES string of the molecule is CC[C@@H](NC(=O)C1CCN(Cc2cccc(C)c2)CC1)c1ccc(OC)c(OC)c1. The summed E-state index contributed by atoms with van der Waals surface area (Å²) in [5.74, 6) is 1.62. The number of amides is 1. The van der Waals surface area contributed by atoms with Gasteiger partial charge in [-0.15, -0.1) is 0 Å². The lowest BCUT2D eigenvalue weighted by atomic mass is 9.94. The number of ether oxygens (including phenoxy) is 2. The quantitative estimate of drug-likeness (QED) is 0.697. The number of hydrogen-bond acceptors (Lipinski definition) is 4. The fourth-order valence-corrected chi connectivity index (χ4v) is 4.20. The van der Waals surface area contributed by atoms with Gasteiger partial charge in [0, 0.05) is 12.5 Å². The number of likely N-dealkylation sites (tertiary alicyclic amines) is 1. The first-order valence-electron chi connectivity index (χ1n) is 10.8. The Morgan fingerprint density at radius 3 is 2.47 bits per heavy atom. The summed E-state index contributed by atoms with van der Waals surface area (Å²) in [6.07, 6.45) is 2.63. The van der Waals surface area contributed by atoms with Crippen molar-refractivity contribution in [3.8, 4) is 11.5 Å². The molecule has 1 aliphatic heterocycles. The summed E-state index contributed by atoms with van der Waals surface area (Å²) in [7, 11) is 3.26. The minimum Gasteiger partial charge on any atom is -0.493 e. The van der Waals surface area contributed by atoms with Crippen molar-refractivity contribution in [3.63, 3.8) is 0 Å². The van der Waals surface area contributed by atoms with Gasteiger partial charge in [-0.25, -0.2) is 0 Å². The number of carbonyl (C=O) groups excluding carboxylic acids is 1. The summed E-state index contributed by atoms with van der Waals surface area (Å²) in [6, 6.07) is 14.5. The molecule has 5 heteroatoms. The monoisotopic (exact) mass is 410 g/mol. The van der Waals surface area contributed by atoms with E-state index in [0.29, 0.717) is 11.5 Å². The van der Waals surface area contributed by atoms with E-state index in [9.17, 15) is 4.79 Å². The molecule has 1 fully saturated rings. The highest BCUT2D eigenvalue weighted by Crippen LogP contribution is 2.31. The highest BCUT2D eigenvalue weighted by molar-refractivity contribution is 5.79. The molecule has 0 radical (unpaired) electrons. The molecule has 30 heavy (non-hydrogen) atoms. The number of carbonyl (C=O) groups is 1. The van der Waals surface area contributed by atoms with Crippen LogP contribution in [-0.4, -0.2) is 38.1 Å². The molecule has 0 bridgehead atoms. The standard InChI is InChI=1S/C25H34N2O3/c1-5-22(21-9-10-23(29-3)24(16-21)30-4)26-25(28)20-11-13-27(14-12-20)17-19-8-6-7-18(2)15-19/h6-10,15-16,20,22H,5,11-14,17H2,1-4H3,(H,26,28)/t22-/m1/s1. The molecular formula is C25H34N2O3. The molecule has 5 nitrogen and oxygen atoms in total. The topological polar surface area (TPSA) is 50.8 Å². The number of piperidine rings is 1. The van der Waals surface area contributed by atoms with Crippen molar-refractivity contribution in [3.05, 3.63) is 59.2 Å². The Morgan fingerprint density at radius 1 is 1.10 bits per heavy atom. The van der Waals surface area contributed by atoms with Crippen molar-refractivity contribution < 1.29 is 14.3 Å². The van der Waals surface area contributed by atoms with Gasteiger partial charge in [-0.3, -0.25) is 9.69 Å². The normalized spacial score (nSPS) is 16.1. The van der Waals surface area contributed by atoms with Gasteiger partial charge in [0.15, 0.2) is 11.5 Å². The second-order valence-corrected chi connectivity index (χ2v) is 8.12. The number of hydrogen-bond donors (Lipinski definition) is 1. The van der Waals surface area contributed by atoms with Crippen LogP contribution in [0.1, 0.15) is 48.9 Å². The van der Waals surface area contributed by atoms with Crippen LogP contribution in [0.2, 0.25) is 0 Å². The fraction of sp³-hybridized carbons (Fsp3) is 0.480. The maximum atomic E-state index is 12.9. The lowest BCUT2D eigenvalue weighted by molar-refractivity contribution is -0.127. The third kappa shape index (κ3) is 5.54. The van der Waals surface area contributed by atoms with Crippen LogP contribution in [0.15, 0.2) is 42.5 Å². The molecule has 1 N–H and O–H groups in total. The Hall–Kier alpha value is -2.53. The number of methoxy groups -OCH3 is 2. The fourth-order valence-electron chi connectivity index (χ4n) is 4.20. The minimum atomic E-state index is -0.0253. The van der Waals surface area contributed by atoms with Crippen LogP contribution in [0.5, 0.6) is 11.5 Å². The van der Waals surface area contributed by atoms with Crippen molar-refractivity contribution in [1.29, 1.82) is 0 Å². The molecule has 162 valence electrons. The number of nitrogens with one attached hydrogen (secondary N) is 1. The van der Waals surface area contributed by atoms with E-state index in [4.69, 9.17) is 9.47 Å². The van der Waals surface area contributed by atoms with Crippen molar-refractivity contribution in [2.75, 3.05) is 27.3 Å². The van der Waals surface area contributed by atoms with E-state index in [1.54, 1.807) is 14.2 Å². The van der Waals surface area contributed by atoms with E-state index >= 15 is 0 Å². The van der Waals surface area contributed by atoms with E-state index in [2.05, 4.69) is 48.3 Å². The van der Waals surface area contributed by atoms with Crippen LogP contribution in [0.3, 0.4) is 0 Å². The third-order valence-corrected chi connectivity index (χ3v) is 5.98. The number of aryl methyl sites for hydroxylation is 1. The predicted molar refractivity (Wildman–Crippen MR) is 120 cm³/mol. The van der Waals surface area contributed by atoms with Gasteiger partial charge in [0.05, 0.1) is 20.3 Å². The molecule has 0 saturated carbocycles. The van der Waals surface area contributed by atoms with Gasteiger partial charge in [-0.1, -0.05) is 42.8 Å². The zero-order valence-corrected chi connectivity index (χ0v) is 18.6. The average Bonchev–Trinajstić information content (AvgIpc) is 2.77. The molecule has 2 aromatic carbocycles. The van der Waals surface area contributed by atoms with Crippen LogP contribution in [0.25, 0.3) is 0 Å². The first kappa shape index (κ1) is 22.2. The van der Waals surface area contributed by atoms with E-state index in [1.807, 2.05) is 18.2 Å². The molecule has 1 heterocycles. The highest BCUT2D eigenvalue weighted by Gasteiger charge is 2.27. The van der Waals surface area contributed by atoms with Gasteiger partial charge in [0.25, 0.3) is 0 Å². The van der Waals surface area contributed by atoms with Crippen LogP contribution in [0.4, 0.5) is 0 Å². The molecule has 0 aliphatic carbocycles. The Kier molecular flexibility index (Phi) is 7.75. The van der Waals surface area contributed by atoms with E-state index in [0.717, 1.165) is 44.5 Å². The Bertz CT molecular complexity index is 844. The van der Waals surface area contributed by atoms with E-state index in [-0.39, 0.29) is 17.9 Å². The maximum absolute atomic E-state index is 12.9. The van der Waals surface area contributed by atoms with Gasteiger partial charge in [-0.05, 0) is 62.5 Å². The maximum Gasteiger partial charge on any atom is 0.223 e. The summed E-state index contributed by atoms with van der Waals surface area (Å²) in [6.45, 7) is 7.09. The smallest absolute Gasteiger partial charge is 0.223 e. The van der Waals surface area contributed by atoms with Gasteiger partial charge >= 0.3 is 0 Å². The number of nitrogens with zero attached hydrogens (tertiary/aromatic N) is 1. The Balaban J connectivity index is 1.55. The molecule has 3 rings (SSSR count). The van der Waals surface area contributed by atoms with Gasteiger partial charge < -0.3 is 14.8 Å². The van der Waals surface area contributed by atoms with Crippen LogP contribution in [0, 0.1) is 12.8 Å². The van der Waals surface area contributed by atoms with Crippen molar-refractivity contribution in [2.45, 2.75) is 45.7 Å². The summed E-state index contributed by atoms with van der Waals surface area (Å²) in [4.78, 5) is 15.4. The zero-order chi connectivity index (χ0) is 21.5.